The first kappa shape index (κ1) is 9.15. The first-order valence-corrected chi connectivity index (χ1v) is 4.97. The average molecular weight is 210 g/mol. The van der Waals surface area contributed by atoms with Gasteiger partial charge in [0.05, 0.1) is 11.1 Å². The molecule has 1 aliphatic rings. The van der Waals surface area contributed by atoms with Crippen LogP contribution in [0.4, 0.5) is 0 Å². The van der Waals surface area contributed by atoms with Crippen LogP contribution in [-0.4, -0.2) is 19.8 Å². The van der Waals surface area contributed by atoms with E-state index in [-0.39, 0.29) is 0 Å². The van der Waals surface area contributed by atoms with Crippen molar-refractivity contribution >= 4 is 36.0 Å². The second kappa shape index (κ2) is 2.95. The minimum Gasteiger partial charge on any atom is -0.386 e. The van der Waals surface area contributed by atoms with Crippen molar-refractivity contribution in [1.29, 1.82) is 0 Å². The van der Waals surface area contributed by atoms with Gasteiger partial charge in [0.1, 0.15) is 7.85 Å². The number of rotatable bonds is 0. The molecule has 0 bridgehead atoms. The van der Waals surface area contributed by atoms with Crippen molar-refractivity contribution in [3.8, 4) is 0 Å². The molecule has 0 atom stereocenters. The number of hydrogen-bond acceptors (Lipinski definition) is 3. The van der Waals surface area contributed by atoms with Crippen LogP contribution in [0, 0.1) is 0 Å². The highest BCUT2D eigenvalue weighted by atomic mass is 16.6. The molecule has 0 fully saturated rings. The maximum atomic E-state index is 11.5. The zero-order chi connectivity index (χ0) is 11.3. The third-order valence-electron chi connectivity index (χ3n) is 2.92. The van der Waals surface area contributed by atoms with E-state index in [4.69, 9.17) is 0 Å². The smallest absolute Gasteiger partial charge is 0.346 e. The molecule has 16 heavy (non-hydrogen) atoms. The van der Waals surface area contributed by atoms with Gasteiger partial charge in [-0.1, -0.05) is 29.7 Å². The summed E-state index contributed by atoms with van der Waals surface area (Å²) in [5.41, 5.74) is 1.59. The van der Waals surface area contributed by atoms with E-state index in [0.29, 0.717) is 11.1 Å². The molecule has 2 aromatic rings. The molecule has 0 amide bonds. The Balaban J connectivity index is 2.50. The Hall–Kier alpha value is -2.10. The Labute approximate surface area is 92.4 Å². The Morgan fingerprint density at radius 2 is 1.81 bits per heavy atom. The van der Waals surface area contributed by atoms with Crippen LogP contribution in [0.5, 0.6) is 0 Å². The van der Waals surface area contributed by atoms with Gasteiger partial charge in [-0.25, -0.2) is 9.59 Å². The van der Waals surface area contributed by atoms with Gasteiger partial charge in [-0.3, -0.25) is 0 Å². The molecule has 0 saturated heterocycles. The lowest BCUT2D eigenvalue weighted by molar-refractivity contribution is 0.0444. The van der Waals surface area contributed by atoms with Gasteiger partial charge >= 0.3 is 11.9 Å². The van der Waals surface area contributed by atoms with Gasteiger partial charge in [0.2, 0.25) is 0 Å². The van der Waals surface area contributed by atoms with Crippen molar-refractivity contribution in [3.05, 3.63) is 41.5 Å². The Bertz CT molecular complexity index is 646. The summed E-state index contributed by atoms with van der Waals surface area (Å²) < 4.78 is 4.61. The summed E-state index contributed by atoms with van der Waals surface area (Å²) >= 11 is 0. The Kier molecular flexibility index (Phi) is 1.69. The first-order valence-electron chi connectivity index (χ1n) is 4.97. The molecule has 4 heteroatoms. The number of carbonyl (C=O) groups is 2. The predicted molar refractivity (Wildman–Crippen MR) is 61.9 cm³/mol. The van der Waals surface area contributed by atoms with Crippen LogP contribution in [0.25, 0.3) is 10.8 Å². The minimum absolute atomic E-state index is 0.376. The van der Waals surface area contributed by atoms with Gasteiger partial charge in [-0.15, -0.1) is 0 Å². The molecular weight excluding hydrogens is 203 g/mol. The van der Waals surface area contributed by atoms with Crippen molar-refractivity contribution in [1.82, 2.24) is 0 Å². The van der Waals surface area contributed by atoms with E-state index < -0.39 is 11.9 Å². The van der Waals surface area contributed by atoms with Crippen LogP contribution in [-0.2, 0) is 4.74 Å². The largest absolute Gasteiger partial charge is 0.386 e. The highest BCUT2D eigenvalue weighted by Gasteiger charge is 2.31. The van der Waals surface area contributed by atoms with Crippen molar-refractivity contribution in [2.45, 2.75) is 0 Å². The molecule has 1 heterocycles. The molecule has 3 rings (SSSR count). The lowest BCUT2D eigenvalue weighted by Gasteiger charge is -2.04. The van der Waals surface area contributed by atoms with E-state index in [9.17, 15) is 9.59 Å². The van der Waals surface area contributed by atoms with Gasteiger partial charge in [0.25, 0.3) is 0 Å². The summed E-state index contributed by atoms with van der Waals surface area (Å²) in [7, 11) is 1.83. The van der Waals surface area contributed by atoms with Gasteiger partial charge < -0.3 is 4.74 Å². The maximum absolute atomic E-state index is 11.5. The fourth-order valence-electron chi connectivity index (χ4n) is 2.14. The number of benzene rings is 2. The van der Waals surface area contributed by atoms with Crippen LogP contribution in [0.1, 0.15) is 20.7 Å². The van der Waals surface area contributed by atoms with Crippen LogP contribution in [0.3, 0.4) is 0 Å². The third kappa shape index (κ3) is 1.04. The molecule has 0 saturated carbocycles. The Morgan fingerprint density at radius 1 is 1.06 bits per heavy atom. The lowest BCUT2D eigenvalue weighted by atomic mass is 9.83. The summed E-state index contributed by atoms with van der Waals surface area (Å²) in [4.78, 5) is 22.9. The average Bonchev–Trinajstić information content (AvgIpc) is 2.55. The van der Waals surface area contributed by atoms with E-state index >= 15 is 0 Å². The second-order valence-corrected chi connectivity index (χ2v) is 3.82. The molecule has 76 valence electrons. The lowest BCUT2D eigenvalue weighted by Crippen LogP contribution is -2.15. The topological polar surface area (TPSA) is 43.4 Å². The fourth-order valence-corrected chi connectivity index (χ4v) is 2.14. The summed E-state index contributed by atoms with van der Waals surface area (Å²) in [5, 5.41) is 1.93. The molecule has 3 nitrogen and oxygen atoms in total. The molecule has 2 aromatic carbocycles. The quantitative estimate of drug-likeness (QED) is 0.359. The van der Waals surface area contributed by atoms with E-state index in [2.05, 4.69) is 4.74 Å². The van der Waals surface area contributed by atoms with Gasteiger partial charge in [-0.2, -0.15) is 0 Å². The van der Waals surface area contributed by atoms with Crippen LogP contribution in [0.15, 0.2) is 30.3 Å². The van der Waals surface area contributed by atoms with E-state index in [1.54, 1.807) is 6.07 Å². The molecule has 0 aliphatic carbocycles. The van der Waals surface area contributed by atoms with Crippen LogP contribution in [0.2, 0.25) is 0 Å². The third-order valence-corrected chi connectivity index (χ3v) is 2.92. The van der Waals surface area contributed by atoms with E-state index in [0.717, 1.165) is 16.2 Å². The number of cyclic esters (lactones) is 2. The summed E-state index contributed by atoms with van der Waals surface area (Å²) in [6.07, 6.45) is 0. The Morgan fingerprint density at radius 3 is 2.62 bits per heavy atom. The van der Waals surface area contributed by atoms with Crippen molar-refractivity contribution in [2.75, 3.05) is 0 Å². The number of carbonyl (C=O) groups excluding carboxylic acids is 2. The van der Waals surface area contributed by atoms with Crippen molar-refractivity contribution < 1.29 is 14.3 Å². The zero-order valence-electron chi connectivity index (χ0n) is 8.61. The SMILES string of the molecule is Bc1c2c(cc3ccccc13)C(=O)OC2=O. The summed E-state index contributed by atoms with van der Waals surface area (Å²) in [5.74, 6) is -1.09. The monoisotopic (exact) mass is 210 g/mol. The van der Waals surface area contributed by atoms with Gasteiger partial charge in [-0.05, 0) is 16.8 Å². The second-order valence-electron chi connectivity index (χ2n) is 3.82. The molecule has 0 N–H and O–H groups in total. The van der Waals surface area contributed by atoms with E-state index in [1.807, 2.05) is 32.1 Å². The first-order chi connectivity index (χ1) is 7.68. The van der Waals surface area contributed by atoms with Crippen molar-refractivity contribution in [2.24, 2.45) is 0 Å². The van der Waals surface area contributed by atoms with Crippen molar-refractivity contribution in [3.63, 3.8) is 0 Å². The molecule has 0 spiro atoms. The highest BCUT2D eigenvalue weighted by Crippen LogP contribution is 2.23. The number of esters is 2. The standard InChI is InChI=1S/C12H7BO3/c13-10-7-4-2-1-3-6(7)5-8-9(10)12(15)16-11(8)14/h1-5H,13H2. The number of hydrogen-bond donors (Lipinski definition) is 0. The maximum Gasteiger partial charge on any atom is 0.346 e. The molecular formula is C12H7BO3. The van der Waals surface area contributed by atoms with Crippen LogP contribution >= 0.6 is 0 Å². The summed E-state index contributed by atoms with van der Waals surface area (Å²) in [6.45, 7) is 0. The predicted octanol–water partition coefficient (Wildman–Crippen LogP) is 0.409. The summed E-state index contributed by atoms with van der Waals surface area (Å²) in [6, 6.07) is 9.37. The molecule has 0 aromatic heterocycles. The van der Waals surface area contributed by atoms with Crippen LogP contribution < -0.4 is 5.46 Å². The normalized spacial score (nSPS) is 14.0. The number of fused-ring (bicyclic) bond motifs is 2. The van der Waals surface area contributed by atoms with Gasteiger partial charge in [0.15, 0.2) is 0 Å². The van der Waals surface area contributed by atoms with E-state index in [1.165, 1.54) is 0 Å². The molecule has 1 aliphatic heterocycles. The fraction of sp³-hybridized carbons (Fsp3) is 0. The number of ether oxygens (including phenoxy) is 1. The minimum atomic E-state index is -0.547. The zero-order valence-corrected chi connectivity index (χ0v) is 8.61. The molecule has 0 radical (unpaired) electrons. The highest BCUT2D eigenvalue weighted by molar-refractivity contribution is 6.44. The van der Waals surface area contributed by atoms with Gasteiger partial charge in [0, 0.05) is 0 Å². The molecule has 0 unspecified atom stereocenters.